The zero-order valence-corrected chi connectivity index (χ0v) is 13.7. The van der Waals surface area contributed by atoms with E-state index in [2.05, 4.69) is 4.74 Å². The Labute approximate surface area is 126 Å². The van der Waals surface area contributed by atoms with Gasteiger partial charge in [0.2, 0.25) is 0 Å². The molecular formula is C14H27NO6. The number of carbonyl (C=O) groups is 1. The van der Waals surface area contributed by atoms with Crippen LogP contribution in [0, 0.1) is 0 Å². The first-order valence-electron chi connectivity index (χ1n) is 7.03. The number of hydrogen-bond acceptors (Lipinski definition) is 7. The van der Waals surface area contributed by atoms with Gasteiger partial charge in [0, 0.05) is 0 Å². The molecule has 3 atom stereocenters. The quantitative estimate of drug-likeness (QED) is 0.549. The van der Waals surface area contributed by atoms with Crippen molar-refractivity contribution in [3.05, 3.63) is 0 Å². The number of carbonyl (C=O) groups excluding carboxylic acids is 1. The van der Waals surface area contributed by atoms with Crippen molar-refractivity contribution < 1.29 is 28.5 Å². The fourth-order valence-corrected chi connectivity index (χ4v) is 2.02. The van der Waals surface area contributed by atoms with E-state index in [1.807, 2.05) is 13.8 Å². The summed E-state index contributed by atoms with van der Waals surface area (Å²) in [6.45, 7) is 9.73. The second-order valence-electron chi connectivity index (χ2n) is 6.03. The SMILES string of the molecule is COC(=O)[C@@H](N)[C@H](C)OC(C)(C)OC[C@H]1COC(C)(C)O1. The molecule has 1 saturated heterocycles. The van der Waals surface area contributed by atoms with Gasteiger partial charge < -0.3 is 29.4 Å². The smallest absolute Gasteiger partial charge is 0.325 e. The van der Waals surface area contributed by atoms with Gasteiger partial charge in [-0.05, 0) is 34.6 Å². The molecule has 0 saturated carbocycles. The molecule has 0 aromatic rings. The molecule has 1 aliphatic rings. The van der Waals surface area contributed by atoms with Gasteiger partial charge in [0.25, 0.3) is 0 Å². The molecule has 0 amide bonds. The second-order valence-corrected chi connectivity index (χ2v) is 6.03. The van der Waals surface area contributed by atoms with E-state index in [1.54, 1.807) is 20.8 Å². The van der Waals surface area contributed by atoms with Crippen molar-refractivity contribution in [1.82, 2.24) is 0 Å². The van der Waals surface area contributed by atoms with Crippen molar-refractivity contribution in [2.24, 2.45) is 5.73 Å². The summed E-state index contributed by atoms with van der Waals surface area (Å²) in [5.74, 6) is -2.01. The van der Waals surface area contributed by atoms with Crippen LogP contribution in [0.3, 0.4) is 0 Å². The van der Waals surface area contributed by atoms with Crippen LogP contribution in [0.5, 0.6) is 0 Å². The molecule has 21 heavy (non-hydrogen) atoms. The van der Waals surface area contributed by atoms with E-state index in [0.29, 0.717) is 13.2 Å². The first-order valence-corrected chi connectivity index (χ1v) is 7.03. The van der Waals surface area contributed by atoms with Crippen LogP contribution in [0.1, 0.15) is 34.6 Å². The Balaban J connectivity index is 2.41. The van der Waals surface area contributed by atoms with E-state index >= 15 is 0 Å². The van der Waals surface area contributed by atoms with Crippen LogP contribution in [0.2, 0.25) is 0 Å². The Morgan fingerprint density at radius 3 is 2.57 bits per heavy atom. The molecular weight excluding hydrogens is 278 g/mol. The fourth-order valence-electron chi connectivity index (χ4n) is 2.02. The lowest BCUT2D eigenvalue weighted by molar-refractivity contribution is -0.249. The number of methoxy groups -OCH3 is 1. The Morgan fingerprint density at radius 1 is 1.48 bits per heavy atom. The number of esters is 1. The monoisotopic (exact) mass is 305 g/mol. The lowest BCUT2D eigenvalue weighted by atomic mass is 10.2. The third-order valence-electron chi connectivity index (χ3n) is 3.13. The molecule has 1 rings (SSSR count). The predicted octanol–water partition coefficient (Wildman–Crippen LogP) is 0.796. The third-order valence-corrected chi connectivity index (χ3v) is 3.13. The predicted molar refractivity (Wildman–Crippen MR) is 75.5 cm³/mol. The molecule has 0 bridgehead atoms. The number of hydrogen-bond donors (Lipinski definition) is 1. The van der Waals surface area contributed by atoms with E-state index in [4.69, 9.17) is 24.7 Å². The Hall–Kier alpha value is -0.730. The van der Waals surface area contributed by atoms with Crippen molar-refractivity contribution in [3.8, 4) is 0 Å². The van der Waals surface area contributed by atoms with Crippen molar-refractivity contribution in [3.63, 3.8) is 0 Å². The lowest BCUT2D eigenvalue weighted by Gasteiger charge is -2.31. The molecule has 124 valence electrons. The zero-order valence-electron chi connectivity index (χ0n) is 13.7. The molecule has 1 fully saturated rings. The zero-order chi connectivity index (χ0) is 16.3. The summed E-state index contributed by atoms with van der Waals surface area (Å²) in [6, 6.07) is -0.858. The van der Waals surface area contributed by atoms with Crippen LogP contribution in [-0.2, 0) is 28.5 Å². The van der Waals surface area contributed by atoms with Crippen LogP contribution in [0.4, 0.5) is 0 Å². The van der Waals surface area contributed by atoms with Gasteiger partial charge in [-0.3, -0.25) is 4.79 Å². The van der Waals surface area contributed by atoms with Crippen LogP contribution >= 0.6 is 0 Å². The van der Waals surface area contributed by atoms with Crippen LogP contribution in [0.15, 0.2) is 0 Å². The molecule has 1 heterocycles. The highest BCUT2D eigenvalue weighted by molar-refractivity contribution is 5.75. The highest BCUT2D eigenvalue weighted by atomic mass is 16.8. The molecule has 0 aromatic carbocycles. The summed E-state index contributed by atoms with van der Waals surface area (Å²) in [7, 11) is 1.29. The van der Waals surface area contributed by atoms with Gasteiger partial charge >= 0.3 is 5.97 Å². The molecule has 0 spiro atoms. The van der Waals surface area contributed by atoms with E-state index < -0.39 is 29.7 Å². The minimum Gasteiger partial charge on any atom is -0.468 e. The number of rotatable bonds is 7. The summed E-state index contributed by atoms with van der Waals surface area (Å²) in [6.07, 6.45) is -0.683. The van der Waals surface area contributed by atoms with E-state index in [1.165, 1.54) is 7.11 Å². The molecule has 0 unspecified atom stereocenters. The summed E-state index contributed by atoms with van der Waals surface area (Å²) >= 11 is 0. The molecule has 1 aliphatic heterocycles. The molecule has 2 N–H and O–H groups in total. The van der Waals surface area contributed by atoms with Gasteiger partial charge in [0.15, 0.2) is 11.6 Å². The summed E-state index contributed by atoms with van der Waals surface area (Å²) in [4.78, 5) is 11.4. The Kier molecular flexibility index (Phi) is 6.12. The van der Waals surface area contributed by atoms with Gasteiger partial charge in [-0.15, -0.1) is 0 Å². The van der Waals surface area contributed by atoms with Crippen molar-refractivity contribution in [1.29, 1.82) is 0 Å². The molecule has 7 heteroatoms. The fraction of sp³-hybridized carbons (Fsp3) is 0.929. The van der Waals surface area contributed by atoms with E-state index in [9.17, 15) is 4.79 Å². The highest BCUT2D eigenvalue weighted by Gasteiger charge is 2.35. The van der Waals surface area contributed by atoms with Gasteiger partial charge in [0.1, 0.15) is 12.1 Å². The minimum absolute atomic E-state index is 0.146. The van der Waals surface area contributed by atoms with Crippen LogP contribution in [-0.4, -0.2) is 56.1 Å². The molecule has 0 aromatic heterocycles. The van der Waals surface area contributed by atoms with Gasteiger partial charge in [-0.2, -0.15) is 0 Å². The van der Waals surface area contributed by atoms with Gasteiger partial charge in [-0.25, -0.2) is 0 Å². The summed E-state index contributed by atoms with van der Waals surface area (Å²) in [5, 5.41) is 0. The average Bonchev–Trinajstić information content (AvgIpc) is 2.74. The number of ether oxygens (including phenoxy) is 5. The topological polar surface area (TPSA) is 89.2 Å². The van der Waals surface area contributed by atoms with E-state index in [0.717, 1.165) is 0 Å². The normalized spacial score (nSPS) is 24.6. The maximum absolute atomic E-state index is 11.4. The molecule has 0 radical (unpaired) electrons. The Morgan fingerprint density at radius 2 is 2.10 bits per heavy atom. The van der Waals surface area contributed by atoms with Crippen molar-refractivity contribution in [2.45, 2.75) is 64.4 Å². The lowest BCUT2D eigenvalue weighted by Crippen LogP contribution is -2.47. The Bertz CT molecular complexity index is 357. The first kappa shape index (κ1) is 18.3. The first-order chi connectivity index (χ1) is 9.56. The maximum atomic E-state index is 11.4. The molecule has 0 aliphatic carbocycles. The van der Waals surface area contributed by atoms with Crippen LogP contribution in [0.25, 0.3) is 0 Å². The van der Waals surface area contributed by atoms with Gasteiger partial charge in [0.05, 0.1) is 26.4 Å². The summed E-state index contributed by atoms with van der Waals surface area (Å²) < 4.78 is 27.1. The van der Waals surface area contributed by atoms with Crippen molar-refractivity contribution >= 4 is 5.97 Å². The molecule has 7 nitrogen and oxygen atoms in total. The van der Waals surface area contributed by atoms with Crippen LogP contribution < -0.4 is 5.73 Å². The standard InChI is InChI=1S/C14H27NO6/c1-9(11(15)12(16)17-6)20-13(2,3)18-7-10-8-19-14(4,5)21-10/h9-11H,7-8,15H2,1-6H3/t9-,10-,11-/m0/s1. The van der Waals surface area contributed by atoms with Crippen molar-refractivity contribution in [2.75, 3.05) is 20.3 Å². The average molecular weight is 305 g/mol. The maximum Gasteiger partial charge on any atom is 0.325 e. The summed E-state index contributed by atoms with van der Waals surface area (Å²) in [5.41, 5.74) is 5.73. The third kappa shape index (κ3) is 5.88. The second kappa shape index (κ2) is 7.02. The number of nitrogens with two attached hydrogens (primary N) is 1. The van der Waals surface area contributed by atoms with E-state index in [-0.39, 0.29) is 6.10 Å². The highest BCUT2D eigenvalue weighted by Crippen LogP contribution is 2.24. The van der Waals surface area contributed by atoms with Gasteiger partial charge in [-0.1, -0.05) is 0 Å². The minimum atomic E-state index is -0.902. The largest absolute Gasteiger partial charge is 0.468 e.